The Hall–Kier alpha value is -1.17. The smallest absolute Gasteiger partial charge is 0.101 e. The van der Waals surface area contributed by atoms with Crippen LogP contribution in [0.3, 0.4) is 0 Å². The predicted molar refractivity (Wildman–Crippen MR) is 80.8 cm³/mol. The van der Waals surface area contributed by atoms with E-state index in [2.05, 4.69) is 44.7 Å². The average molecular weight is 287 g/mol. The van der Waals surface area contributed by atoms with Crippen molar-refractivity contribution in [2.24, 2.45) is 32.0 Å². The highest BCUT2D eigenvalue weighted by Gasteiger charge is 2.14. The van der Waals surface area contributed by atoms with Gasteiger partial charge in [-0.05, 0) is 0 Å². The highest BCUT2D eigenvalue weighted by atomic mass is 35.5. The SMILES string of the molecule is CC(CN=NCC(C)C1=NCCN1)C1=NCCN1.Cl. The number of hydrogen-bond acceptors (Lipinski definition) is 6. The lowest BCUT2D eigenvalue weighted by Crippen LogP contribution is -2.27. The molecule has 2 rings (SSSR count). The molecule has 7 heteroatoms. The second kappa shape index (κ2) is 8.09. The maximum atomic E-state index is 4.39. The summed E-state index contributed by atoms with van der Waals surface area (Å²) in [5.74, 6) is 2.83. The van der Waals surface area contributed by atoms with Gasteiger partial charge in [-0.15, -0.1) is 12.4 Å². The summed E-state index contributed by atoms with van der Waals surface area (Å²) in [6, 6.07) is 0. The van der Waals surface area contributed by atoms with E-state index in [1.807, 2.05) is 0 Å². The zero-order valence-corrected chi connectivity index (χ0v) is 12.4. The van der Waals surface area contributed by atoms with Crippen LogP contribution < -0.4 is 10.6 Å². The maximum Gasteiger partial charge on any atom is 0.101 e. The van der Waals surface area contributed by atoms with Crippen LogP contribution in [-0.2, 0) is 0 Å². The number of nitrogens with zero attached hydrogens (tertiary/aromatic N) is 4. The Balaban J connectivity index is 0.00000180. The van der Waals surface area contributed by atoms with Crippen molar-refractivity contribution in [1.82, 2.24) is 10.6 Å². The van der Waals surface area contributed by atoms with E-state index >= 15 is 0 Å². The van der Waals surface area contributed by atoms with Crippen LogP contribution in [0, 0.1) is 11.8 Å². The zero-order valence-electron chi connectivity index (χ0n) is 11.6. The van der Waals surface area contributed by atoms with Crippen molar-refractivity contribution in [2.75, 3.05) is 39.3 Å². The third-order valence-electron chi connectivity index (χ3n) is 3.14. The van der Waals surface area contributed by atoms with E-state index in [1.165, 1.54) is 0 Å². The van der Waals surface area contributed by atoms with Crippen molar-refractivity contribution >= 4 is 24.1 Å². The number of nitrogens with one attached hydrogen (secondary N) is 2. The van der Waals surface area contributed by atoms with Gasteiger partial charge in [0.15, 0.2) is 0 Å². The second-order valence-corrected chi connectivity index (χ2v) is 4.84. The summed E-state index contributed by atoms with van der Waals surface area (Å²) >= 11 is 0. The number of amidine groups is 2. The monoisotopic (exact) mass is 286 g/mol. The van der Waals surface area contributed by atoms with E-state index in [9.17, 15) is 0 Å². The normalized spacial score (nSPS) is 21.2. The molecule has 0 fully saturated rings. The summed E-state index contributed by atoms with van der Waals surface area (Å²) in [6.07, 6.45) is 0. The molecule has 0 radical (unpaired) electrons. The molecule has 6 nitrogen and oxygen atoms in total. The Kier molecular flexibility index (Phi) is 6.77. The van der Waals surface area contributed by atoms with Gasteiger partial charge in [-0.25, -0.2) is 0 Å². The molecule has 0 aromatic carbocycles. The number of hydrogen-bond donors (Lipinski definition) is 2. The van der Waals surface area contributed by atoms with Gasteiger partial charge in [-0.3, -0.25) is 9.98 Å². The largest absolute Gasteiger partial charge is 0.372 e. The fraction of sp³-hybridized carbons (Fsp3) is 0.833. The van der Waals surface area contributed by atoms with Crippen LogP contribution in [0.5, 0.6) is 0 Å². The van der Waals surface area contributed by atoms with Crippen molar-refractivity contribution in [2.45, 2.75) is 13.8 Å². The molecule has 2 unspecified atom stereocenters. The minimum absolute atomic E-state index is 0. The fourth-order valence-electron chi connectivity index (χ4n) is 2.03. The van der Waals surface area contributed by atoms with Crippen LogP contribution in [-0.4, -0.2) is 50.9 Å². The summed E-state index contributed by atoms with van der Waals surface area (Å²) in [5, 5.41) is 15.0. The molecule has 0 aromatic rings. The molecule has 108 valence electrons. The molecule has 0 bridgehead atoms. The molecule has 0 aliphatic carbocycles. The van der Waals surface area contributed by atoms with Crippen molar-refractivity contribution in [1.29, 1.82) is 0 Å². The maximum absolute atomic E-state index is 4.39. The number of azo groups is 1. The van der Waals surface area contributed by atoms with E-state index in [0.717, 1.165) is 37.9 Å². The van der Waals surface area contributed by atoms with Gasteiger partial charge < -0.3 is 10.6 Å². The first-order chi connectivity index (χ1) is 8.77. The third kappa shape index (κ3) is 4.78. The first-order valence-corrected chi connectivity index (χ1v) is 6.67. The number of aliphatic imine (C=N–C) groups is 2. The van der Waals surface area contributed by atoms with E-state index in [0.29, 0.717) is 24.9 Å². The first kappa shape index (κ1) is 15.9. The van der Waals surface area contributed by atoms with Crippen LogP contribution in [0.25, 0.3) is 0 Å². The molecule has 19 heavy (non-hydrogen) atoms. The molecule has 0 aromatic heterocycles. The van der Waals surface area contributed by atoms with Crippen molar-refractivity contribution in [3.8, 4) is 0 Å². The molecular weight excluding hydrogens is 264 g/mol. The van der Waals surface area contributed by atoms with E-state index in [-0.39, 0.29) is 12.4 Å². The van der Waals surface area contributed by atoms with Gasteiger partial charge in [0.1, 0.15) is 11.7 Å². The zero-order chi connectivity index (χ0) is 12.8. The number of rotatable bonds is 6. The van der Waals surface area contributed by atoms with Crippen LogP contribution in [0.2, 0.25) is 0 Å². The molecule has 2 aliphatic heterocycles. The van der Waals surface area contributed by atoms with Gasteiger partial charge in [0.25, 0.3) is 0 Å². The summed E-state index contributed by atoms with van der Waals surface area (Å²) in [6.45, 7) is 9.36. The predicted octanol–water partition coefficient (Wildman–Crippen LogP) is 1.14. The van der Waals surface area contributed by atoms with Gasteiger partial charge in [0.2, 0.25) is 0 Å². The van der Waals surface area contributed by atoms with Crippen LogP contribution in [0.4, 0.5) is 0 Å². The molecule has 0 saturated carbocycles. The van der Waals surface area contributed by atoms with Gasteiger partial charge in [0, 0.05) is 24.9 Å². The van der Waals surface area contributed by atoms with Crippen molar-refractivity contribution in [3.63, 3.8) is 0 Å². The van der Waals surface area contributed by atoms with Gasteiger partial charge >= 0.3 is 0 Å². The Labute approximate surface area is 120 Å². The highest BCUT2D eigenvalue weighted by molar-refractivity contribution is 5.86. The van der Waals surface area contributed by atoms with Crippen molar-refractivity contribution < 1.29 is 0 Å². The minimum atomic E-state index is 0. The topological polar surface area (TPSA) is 73.5 Å². The highest BCUT2D eigenvalue weighted by Crippen LogP contribution is 2.04. The third-order valence-corrected chi connectivity index (χ3v) is 3.14. The van der Waals surface area contributed by atoms with Gasteiger partial charge in [0.05, 0.1) is 26.2 Å². The van der Waals surface area contributed by atoms with Crippen LogP contribution in [0.15, 0.2) is 20.2 Å². The summed E-state index contributed by atoms with van der Waals surface area (Å²) in [7, 11) is 0. The lowest BCUT2D eigenvalue weighted by Gasteiger charge is -2.09. The van der Waals surface area contributed by atoms with Crippen LogP contribution >= 0.6 is 12.4 Å². The molecule has 0 saturated heterocycles. The molecular formula is C12H23ClN6. The van der Waals surface area contributed by atoms with E-state index in [4.69, 9.17) is 0 Å². The molecule has 2 aliphatic rings. The van der Waals surface area contributed by atoms with Crippen LogP contribution in [0.1, 0.15) is 13.8 Å². The first-order valence-electron chi connectivity index (χ1n) is 6.67. The Bertz CT molecular complexity index is 331. The van der Waals surface area contributed by atoms with Crippen molar-refractivity contribution in [3.05, 3.63) is 0 Å². The summed E-state index contributed by atoms with van der Waals surface area (Å²) in [5.41, 5.74) is 0. The Morgan fingerprint density at radius 2 is 1.37 bits per heavy atom. The van der Waals surface area contributed by atoms with E-state index < -0.39 is 0 Å². The minimum Gasteiger partial charge on any atom is -0.372 e. The molecule has 2 atom stereocenters. The lowest BCUT2D eigenvalue weighted by atomic mass is 10.1. The summed E-state index contributed by atoms with van der Waals surface area (Å²) in [4.78, 5) is 8.77. The fourth-order valence-corrected chi connectivity index (χ4v) is 2.03. The number of halogens is 1. The molecule has 0 amide bonds. The molecule has 0 spiro atoms. The van der Waals surface area contributed by atoms with Gasteiger partial charge in [-0.1, -0.05) is 13.8 Å². The second-order valence-electron chi connectivity index (χ2n) is 4.84. The van der Waals surface area contributed by atoms with Gasteiger partial charge in [-0.2, -0.15) is 10.2 Å². The quantitative estimate of drug-likeness (QED) is 0.719. The Morgan fingerprint density at radius 1 is 0.947 bits per heavy atom. The molecule has 2 N–H and O–H groups in total. The lowest BCUT2D eigenvalue weighted by molar-refractivity contribution is 0.674. The Morgan fingerprint density at radius 3 is 1.68 bits per heavy atom. The molecule has 2 heterocycles. The standard InChI is InChI=1S/C12H22N6.ClH/c1-9(11-13-3-4-14-11)7-17-18-8-10(2)12-15-5-6-16-12;/h9-10H,3-8H2,1-2H3,(H,13,14)(H,15,16);1H. The average Bonchev–Trinajstić information content (AvgIpc) is 3.05. The van der Waals surface area contributed by atoms with E-state index in [1.54, 1.807) is 0 Å². The summed E-state index contributed by atoms with van der Waals surface area (Å²) < 4.78 is 0.